The summed E-state index contributed by atoms with van der Waals surface area (Å²) in [7, 11) is 0. The molecule has 0 saturated carbocycles. The van der Waals surface area contributed by atoms with E-state index in [9.17, 15) is 0 Å². The Morgan fingerprint density at radius 3 is 1.57 bits per heavy atom. The quantitative estimate of drug-likeness (QED) is 0.493. The van der Waals surface area contributed by atoms with Crippen LogP contribution in [0.3, 0.4) is 0 Å². The number of nitrogens with zero attached hydrogens (tertiary/aromatic N) is 1. The molecule has 0 aliphatic heterocycles. The van der Waals surface area contributed by atoms with E-state index in [1.54, 1.807) is 12.4 Å². The van der Waals surface area contributed by atoms with E-state index in [0.29, 0.717) is 0 Å². The SMILES string of the molecule is [SeH2].c1ccncc1. The summed E-state index contributed by atoms with van der Waals surface area (Å²) in [6.45, 7) is 0. The van der Waals surface area contributed by atoms with Gasteiger partial charge in [0, 0.05) is 12.4 Å². The minimum Gasteiger partial charge on any atom is -0.265 e. The predicted octanol–water partition coefficient (Wildman–Crippen LogP) is 0.165. The first-order valence-electron chi connectivity index (χ1n) is 1.85. The molecule has 1 rings (SSSR count). The van der Waals surface area contributed by atoms with E-state index in [1.807, 2.05) is 18.2 Å². The van der Waals surface area contributed by atoms with Crippen molar-refractivity contribution < 1.29 is 0 Å². The molecule has 0 aromatic carbocycles. The van der Waals surface area contributed by atoms with Crippen LogP contribution in [0.4, 0.5) is 0 Å². The Kier molecular flexibility index (Phi) is 3.66. The van der Waals surface area contributed by atoms with Gasteiger partial charge < -0.3 is 0 Å². The number of aromatic nitrogens is 1. The van der Waals surface area contributed by atoms with Crippen LogP contribution >= 0.6 is 0 Å². The fraction of sp³-hybridized carbons (Fsp3) is 0. The summed E-state index contributed by atoms with van der Waals surface area (Å²) in [5.74, 6) is 0. The van der Waals surface area contributed by atoms with Gasteiger partial charge in [-0.05, 0) is 12.1 Å². The number of pyridine rings is 1. The second kappa shape index (κ2) is 3.85. The number of hydrogen-bond donors (Lipinski definition) is 0. The van der Waals surface area contributed by atoms with Gasteiger partial charge in [-0.1, -0.05) is 6.07 Å². The molecule has 0 saturated heterocycles. The molecule has 0 fully saturated rings. The maximum absolute atomic E-state index is 3.78. The van der Waals surface area contributed by atoms with E-state index < -0.39 is 0 Å². The molecule has 0 amide bonds. The normalized spacial score (nSPS) is 6.86. The van der Waals surface area contributed by atoms with Crippen molar-refractivity contribution in [1.29, 1.82) is 0 Å². The molecule has 1 aromatic rings. The molecular weight excluding hydrogens is 153 g/mol. The Bertz CT molecular complexity index is 80.0. The van der Waals surface area contributed by atoms with Gasteiger partial charge in [0.25, 0.3) is 0 Å². The van der Waals surface area contributed by atoms with Crippen molar-refractivity contribution >= 4 is 17.1 Å². The molecule has 38 valence electrons. The maximum Gasteiger partial charge on any atom is 0.0267 e. The second-order valence-corrected chi connectivity index (χ2v) is 1.02. The average Bonchev–Trinajstić information content (AvgIpc) is 1.72. The summed E-state index contributed by atoms with van der Waals surface area (Å²) in [4.78, 5) is 3.78. The first-order valence-corrected chi connectivity index (χ1v) is 1.85. The van der Waals surface area contributed by atoms with E-state index in [2.05, 4.69) is 4.98 Å². The van der Waals surface area contributed by atoms with E-state index >= 15 is 0 Å². The van der Waals surface area contributed by atoms with Crippen molar-refractivity contribution in [3.05, 3.63) is 30.6 Å². The monoisotopic (exact) mass is 161 g/mol. The summed E-state index contributed by atoms with van der Waals surface area (Å²) < 4.78 is 0. The fourth-order valence-electron chi connectivity index (χ4n) is 0.313. The second-order valence-electron chi connectivity index (χ2n) is 1.02. The Morgan fingerprint density at radius 1 is 0.857 bits per heavy atom. The van der Waals surface area contributed by atoms with Gasteiger partial charge in [-0.2, -0.15) is 0 Å². The van der Waals surface area contributed by atoms with Gasteiger partial charge in [-0.25, -0.2) is 0 Å². The third-order valence-electron chi connectivity index (χ3n) is 0.566. The minimum absolute atomic E-state index is 0. The van der Waals surface area contributed by atoms with Gasteiger partial charge in [0.15, 0.2) is 0 Å². The number of hydrogen-bond acceptors (Lipinski definition) is 1. The molecular formula is C5H7NSe. The van der Waals surface area contributed by atoms with Gasteiger partial charge in [-0.3, -0.25) is 4.98 Å². The maximum atomic E-state index is 3.78. The smallest absolute Gasteiger partial charge is 0.0267 e. The van der Waals surface area contributed by atoms with E-state index in [-0.39, 0.29) is 17.1 Å². The molecule has 0 radical (unpaired) electrons. The molecule has 0 aliphatic carbocycles. The summed E-state index contributed by atoms with van der Waals surface area (Å²) in [6.07, 6.45) is 3.50. The zero-order chi connectivity index (χ0) is 4.24. The van der Waals surface area contributed by atoms with Gasteiger partial charge in [0.05, 0.1) is 0 Å². The van der Waals surface area contributed by atoms with Crippen LogP contribution in [0.2, 0.25) is 0 Å². The zero-order valence-corrected chi connectivity index (χ0v) is 5.93. The van der Waals surface area contributed by atoms with Crippen molar-refractivity contribution in [2.45, 2.75) is 0 Å². The van der Waals surface area contributed by atoms with Gasteiger partial charge in [-0.15, -0.1) is 0 Å². The number of rotatable bonds is 0. The topological polar surface area (TPSA) is 12.9 Å². The van der Waals surface area contributed by atoms with Crippen molar-refractivity contribution in [3.8, 4) is 0 Å². The molecule has 1 heterocycles. The Hall–Kier alpha value is -0.331. The molecule has 1 aromatic heterocycles. The fourth-order valence-corrected chi connectivity index (χ4v) is 0.313. The Balaban J connectivity index is 0.000000360. The standard InChI is InChI=1S/C5H5N.H2Se/c1-2-4-6-5-3-1;/h1-5H;1H2. The van der Waals surface area contributed by atoms with Crippen LogP contribution in [-0.4, -0.2) is 22.1 Å². The summed E-state index contributed by atoms with van der Waals surface area (Å²) >= 11 is 0. The summed E-state index contributed by atoms with van der Waals surface area (Å²) in [6, 6.07) is 5.72. The van der Waals surface area contributed by atoms with Crippen LogP contribution in [-0.2, 0) is 0 Å². The summed E-state index contributed by atoms with van der Waals surface area (Å²) in [5.41, 5.74) is 0. The van der Waals surface area contributed by atoms with E-state index in [1.165, 1.54) is 0 Å². The van der Waals surface area contributed by atoms with Crippen LogP contribution in [0, 0.1) is 0 Å². The first kappa shape index (κ1) is 6.67. The van der Waals surface area contributed by atoms with E-state index in [4.69, 9.17) is 0 Å². The van der Waals surface area contributed by atoms with E-state index in [0.717, 1.165) is 0 Å². The van der Waals surface area contributed by atoms with Crippen LogP contribution in [0.5, 0.6) is 0 Å². The summed E-state index contributed by atoms with van der Waals surface area (Å²) in [5, 5.41) is 0. The van der Waals surface area contributed by atoms with Crippen LogP contribution in [0.25, 0.3) is 0 Å². The molecule has 0 unspecified atom stereocenters. The van der Waals surface area contributed by atoms with Gasteiger partial charge in [0.2, 0.25) is 0 Å². The third kappa shape index (κ3) is 2.38. The minimum atomic E-state index is 0. The third-order valence-corrected chi connectivity index (χ3v) is 0.566. The average molecular weight is 160 g/mol. The van der Waals surface area contributed by atoms with Crippen LogP contribution in [0.1, 0.15) is 0 Å². The zero-order valence-electron chi connectivity index (χ0n) is 3.83. The molecule has 2 heteroatoms. The van der Waals surface area contributed by atoms with Crippen molar-refractivity contribution in [2.24, 2.45) is 0 Å². The van der Waals surface area contributed by atoms with Gasteiger partial charge in [0.1, 0.15) is 0 Å². The van der Waals surface area contributed by atoms with Crippen molar-refractivity contribution in [2.75, 3.05) is 0 Å². The molecule has 0 atom stereocenters. The molecule has 1 nitrogen and oxygen atoms in total. The predicted molar refractivity (Wildman–Crippen MR) is 32.8 cm³/mol. The molecule has 7 heavy (non-hydrogen) atoms. The van der Waals surface area contributed by atoms with Gasteiger partial charge >= 0.3 is 17.1 Å². The van der Waals surface area contributed by atoms with Crippen LogP contribution < -0.4 is 0 Å². The Labute approximate surface area is 53.2 Å². The molecule has 0 N–H and O–H groups in total. The largest absolute Gasteiger partial charge is 0.265 e. The van der Waals surface area contributed by atoms with Crippen molar-refractivity contribution in [3.63, 3.8) is 0 Å². The van der Waals surface area contributed by atoms with Crippen LogP contribution in [0.15, 0.2) is 30.6 Å². The molecule has 0 aliphatic rings. The first-order chi connectivity index (χ1) is 3.00. The molecule has 0 bridgehead atoms. The van der Waals surface area contributed by atoms with Crippen molar-refractivity contribution in [1.82, 2.24) is 4.98 Å². The molecule has 0 spiro atoms. The Morgan fingerprint density at radius 2 is 1.43 bits per heavy atom.